The number of rotatable bonds is 8. The highest BCUT2D eigenvalue weighted by Crippen LogP contribution is 2.41. The second-order valence-electron chi connectivity index (χ2n) is 9.55. The lowest BCUT2D eigenvalue weighted by Gasteiger charge is -2.30. The fourth-order valence-corrected chi connectivity index (χ4v) is 4.72. The third-order valence-electron chi connectivity index (χ3n) is 7.02. The first kappa shape index (κ1) is 28.0. The predicted molar refractivity (Wildman–Crippen MR) is 123 cm³/mol. The Morgan fingerprint density at radius 1 is 1.37 bits per heavy atom. The molecule has 0 aromatic carbocycles. The molecule has 12 nitrogen and oxygen atoms in total. The molecule has 2 fully saturated rings. The van der Waals surface area contributed by atoms with Crippen molar-refractivity contribution in [1.29, 1.82) is 5.26 Å². The van der Waals surface area contributed by atoms with E-state index in [1.807, 2.05) is 6.07 Å². The van der Waals surface area contributed by atoms with Gasteiger partial charge in [-0.2, -0.15) is 23.5 Å². The number of aromatic nitrogens is 3. The molecular weight excluding hydrogens is 513 g/mol. The van der Waals surface area contributed by atoms with E-state index in [0.717, 1.165) is 0 Å². The molecule has 0 amide bonds. The fraction of sp³-hybridized carbons (Fsp3) is 0.652. The summed E-state index contributed by atoms with van der Waals surface area (Å²) in [5.74, 6) is -1.82. The lowest BCUT2D eigenvalue weighted by molar-refractivity contribution is -0.189. The molecule has 4 rings (SSSR count). The van der Waals surface area contributed by atoms with Crippen molar-refractivity contribution in [3.05, 3.63) is 24.2 Å². The van der Waals surface area contributed by atoms with Crippen molar-refractivity contribution in [3.63, 3.8) is 0 Å². The molecule has 2 aromatic heterocycles. The number of nitrogens with one attached hydrogen (secondary N) is 1. The van der Waals surface area contributed by atoms with Crippen molar-refractivity contribution >= 4 is 17.3 Å². The number of esters is 1. The van der Waals surface area contributed by atoms with Crippen LogP contribution in [0.3, 0.4) is 0 Å². The molecule has 0 bridgehead atoms. The van der Waals surface area contributed by atoms with Gasteiger partial charge in [0.15, 0.2) is 5.82 Å². The van der Waals surface area contributed by atoms with Gasteiger partial charge in [0.05, 0.1) is 24.9 Å². The van der Waals surface area contributed by atoms with Gasteiger partial charge >= 0.3 is 12.1 Å². The number of halogens is 3. The van der Waals surface area contributed by atoms with E-state index in [1.165, 1.54) is 17.8 Å². The highest BCUT2D eigenvalue weighted by atomic mass is 19.4. The third kappa shape index (κ3) is 5.54. The van der Waals surface area contributed by atoms with Crippen molar-refractivity contribution in [2.75, 3.05) is 19.1 Å². The summed E-state index contributed by atoms with van der Waals surface area (Å²) in [7, 11) is 0. The summed E-state index contributed by atoms with van der Waals surface area (Å²) < 4.78 is 56.4. The summed E-state index contributed by atoms with van der Waals surface area (Å²) in [5, 5.41) is 37.9. The van der Waals surface area contributed by atoms with Crippen LogP contribution < -0.4 is 11.1 Å². The molecule has 1 aliphatic heterocycles. The van der Waals surface area contributed by atoms with Crippen molar-refractivity contribution < 1.29 is 42.4 Å². The molecule has 15 heteroatoms. The molecular formula is C23H29F3N6O6. The number of ether oxygens (including phenoxy) is 3. The second-order valence-corrected chi connectivity index (χ2v) is 9.55. The molecule has 2 aliphatic rings. The van der Waals surface area contributed by atoms with Gasteiger partial charge in [-0.1, -0.05) is 0 Å². The van der Waals surface area contributed by atoms with E-state index in [9.17, 15) is 33.4 Å². The molecule has 5 N–H and O–H groups in total. The third-order valence-corrected chi connectivity index (χ3v) is 7.02. The Morgan fingerprint density at radius 3 is 2.74 bits per heavy atom. The summed E-state index contributed by atoms with van der Waals surface area (Å²) in [4.78, 5) is 16.2. The molecule has 3 heterocycles. The van der Waals surface area contributed by atoms with Crippen LogP contribution in [0.4, 0.5) is 19.0 Å². The van der Waals surface area contributed by atoms with E-state index in [4.69, 9.17) is 19.9 Å². The maximum Gasteiger partial charge on any atom is 0.391 e. The maximum atomic E-state index is 12.8. The minimum atomic E-state index is -4.24. The minimum Gasteiger partial charge on any atom is -0.461 e. The average molecular weight is 543 g/mol. The van der Waals surface area contributed by atoms with Crippen LogP contribution in [-0.4, -0.2) is 80.2 Å². The van der Waals surface area contributed by atoms with Gasteiger partial charge in [-0.15, -0.1) is 0 Å². The molecule has 1 aliphatic carbocycles. The van der Waals surface area contributed by atoms with Crippen LogP contribution in [-0.2, 0) is 19.0 Å². The molecule has 5 atom stereocenters. The fourth-order valence-electron chi connectivity index (χ4n) is 4.72. The van der Waals surface area contributed by atoms with Gasteiger partial charge in [-0.05, 0) is 44.7 Å². The van der Waals surface area contributed by atoms with Gasteiger partial charge in [0.1, 0.15) is 48.4 Å². The van der Waals surface area contributed by atoms with E-state index in [0.29, 0.717) is 11.2 Å². The first-order chi connectivity index (χ1) is 18.0. The monoisotopic (exact) mass is 542 g/mol. The predicted octanol–water partition coefficient (Wildman–Crippen LogP) is 0.983. The average Bonchev–Trinajstić information content (AvgIpc) is 3.42. The number of anilines is 1. The number of carbonyl (C=O) groups excluding carboxylic acids is 1. The Hall–Kier alpha value is -3.03. The van der Waals surface area contributed by atoms with Crippen LogP contribution >= 0.6 is 0 Å². The van der Waals surface area contributed by atoms with Crippen LogP contribution in [0.1, 0.15) is 44.4 Å². The smallest absolute Gasteiger partial charge is 0.391 e. The molecule has 38 heavy (non-hydrogen) atoms. The van der Waals surface area contributed by atoms with Crippen molar-refractivity contribution in [1.82, 2.24) is 19.9 Å². The Balaban J connectivity index is 1.28. The summed E-state index contributed by atoms with van der Waals surface area (Å²) in [6, 6.07) is 4.21. The number of nitriles is 1. The summed E-state index contributed by atoms with van der Waals surface area (Å²) >= 11 is 0. The summed E-state index contributed by atoms with van der Waals surface area (Å²) in [6.45, 7) is 0.809. The topological polar surface area (TPSA) is 177 Å². The number of nitrogens with zero attached hydrogens (tertiary/aromatic N) is 4. The van der Waals surface area contributed by atoms with Gasteiger partial charge in [-0.3, -0.25) is 10.1 Å². The number of fused-ring (bicyclic) bond motifs is 1. The van der Waals surface area contributed by atoms with Crippen LogP contribution in [0.25, 0.3) is 5.52 Å². The summed E-state index contributed by atoms with van der Waals surface area (Å²) in [6.07, 6.45) is -7.75. The minimum absolute atomic E-state index is 0.0862. The highest BCUT2D eigenvalue weighted by Gasteiger charge is 2.56. The number of nitrogen functional groups attached to an aromatic ring is 1. The largest absolute Gasteiger partial charge is 0.461 e. The maximum absolute atomic E-state index is 12.8. The van der Waals surface area contributed by atoms with Crippen LogP contribution in [0.15, 0.2) is 18.5 Å². The van der Waals surface area contributed by atoms with E-state index in [1.54, 1.807) is 12.1 Å². The molecule has 0 unspecified atom stereocenters. The Kier molecular flexibility index (Phi) is 8.09. The first-order valence-electron chi connectivity index (χ1n) is 12.1. The quantitative estimate of drug-likeness (QED) is 0.212. The number of aliphatic hydroxyl groups is 2. The number of alkyl halides is 3. The van der Waals surface area contributed by atoms with E-state index in [-0.39, 0.29) is 38.2 Å². The lowest BCUT2D eigenvalue weighted by atomic mass is 9.87. The van der Waals surface area contributed by atoms with E-state index < -0.39 is 60.7 Å². The summed E-state index contributed by atoms with van der Waals surface area (Å²) in [5.41, 5.74) is 4.71. The zero-order valence-corrected chi connectivity index (χ0v) is 20.5. The lowest BCUT2D eigenvalue weighted by Crippen LogP contribution is -2.47. The number of carbonyl (C=O) groups is 1. The zero-order valence-electron chi connectivity index (χ0n) is 20.5. The molecule has 1 saturated carbocycles. The standard InChI is InChI=1S/C23H29F3N6O6/c1-12(21(35)37-14-4-2-13(3-5-14)23(24,25)26)30-11-36-9-22(8-27)19(34)17(33)18(38-22)15-6-7-16-20(28)29-10-31-32(15)16/h6-7,10,12-14,17-19,30,33-34H,2-5,9,11H2,1H3,(H2,28,29,31)/t12-,13-,14-,17-,18-,19-,22+/m0/s1. The molecule has 0 spiro atoms. The Labute approximate surface area is 215 Å². The van der Waals surface area contributed by atoms with Gasteiger partial charge in [0.25, 0.3) is 0 Å². The van der Waals surface area contributed by atoms with Gasteiger partial charge in [-0.25, -0.2) is 9.50 Å². The first-order valence-corrected chi connectivity index (χ1v) is 12.1. The Bertz CT molecular complexity index is 1180. The normalized spacial score (nSPS) is 30.7. The van der Waals surface area contributed by atoms with Gasteiger partial charge < -0.3 is 30.2 Å². The number of hydrogen-bond acceptors (Lipinski definition) is 11. The number of nitrogens with two attached hydrogens (primary N) is 1. The van der Waals surface area contributed by atoms with E-state index >= 15 is 0 Å². The van der Waals surface area contributed by atoms with Crippen LogP contribution in [0, 0.1) is 17.2 Å². The molecule has 2 aromatic rings. The number of aliphatic hydroxyl groups excluding tert-OH is 2. The second kappa shape index (κ2) is 11.0. The van der Waals surface area contributed by atoms with Gasteiger partial charge in [0, 0.05) is 0 Å². The van der Waals surface area contributed by atoms with E-state index in [2.05, 4.69) is 15.4 Å². The van der Waals surface area contributed by atoms with Crippen molar-refractivity contribution in [2.45, 2.75) is 74.8 Å². The van der Waals surface area contributed by atoms with Crippen molar-refractivity contribution in [2.24, 2.45) is 5.92 Å². The number of hydrogen-bond donors (Lipinski definition) is 4. The Morgan fingerprint density at radius 2 is 2.08 bits per heavy atom. The molecule has 208 valence electrons. The van der Waals surface area contributed by atoms with Crippen LogP contribution in [0.2, 0.25) is 0 Å². The highest BCUT2D eigenvalue weighted by molar-refractivity contribution is 5.75. The van der Waals surface area contributed by atoms with Crippen LogP contribution in [0.5, 0.6) is 0 Å². The molecule has 1 saturated heterocycles. The van der Waals surface area contributed by atoms with Gasteiger partial charge in [0.2, 0.25) is 5.60 Å². The zero-order chi connectivity index (χ0) is 27.7. The molecule has 0 radical (unpaired) electrons. The van der Waals surface area contributed by atoms with Crippen molar-refractivity contribution in [3.8, 4) is 6.07 Å². The SMILES string of the molecule is C[C@H](NCOC[C@@]1(C#N)O[C@@H](c2ccc3c(N)ncnn23)[C@H](O)[C@@H]1O)C(=O)O[C@H]1CC[C@H](C(F)(F)F)CC1.